The zero-order valence-corrected chi connectivity index (χ0v) is 9.33. The van der Waals surface area contributed by atoms with Crippen molar-refractivity contribution in [2.75, 3.05) is 39.6 Å². The molecule has 5 heteroatoms. The van der Waals surface area contributed by atoms with Gasteiger partial charge in [0.15, 0.2) is 0 Å². The summed E-state index contributed by atoms with van der Waals surface area (Å²) >= 11 is 0. The Morgan fingerprint density at radius 1 is 1.07 bits per heavy atom. The molecule has 0 heterocycles. The monoisotopic (exact) mass is 216 g/mol. The van der Waals surface area contributed by atoms with Crippen LogP contribution >= 0.6 is 0 Å². The standard InChI is InChI=1S/C10H20N2O3/c1-3-4-13-5-6-14-7-8-15-9-10(2)12-11/h11H,2-9H2,1H3. The molecule has 0 aliphatic heterocycles. The van der Waals surface area contributed by atoms with Gasteiger partial charge in [0, 0.05) is 6.61 Å². The van der Waals surface area contributed by atoms with Crippen molar-refractivity contribution in [2.24, 2.45) is 5.11 Å². The van der Waals surface area contributed by atoms with Crippen molar-refractivity contribution >= 4 is 0 Å². The minimum atomic E-state index is 0.291. The molecule has 0 fully saturated rings. The largest absolute Gasteiger partial charge is 0.379 e. The summed E-state index contributed by atoms with van der Waals surface area (Å²) in [7, 11) is 0. The lowest BCUT2D eigenvalue weighted by molar-refractivity contribution is 0.0185. The van der Waals surface area contributed by atoms with Gasteiger partial charge in [0.25, 0.3) is 0 Å². The topological polar surface area (TPSA) is 63.9 Å². The van der Waals surface area contributed by atoms with Crippen molar-refractivity contribution in [1.29, 1.82) is 5.53 Å². The molecule has 0 radical (unpaired) electrons. The van der Waals surface area contributed by atoms with Crippen LogP contribution in [-0.2, 0) is 14.2 Å². The van der Waals surface area contributed by atoms with E-state index in [2.05, 4.69) is 18.6 Å². The van der Waals surface area contributed by atoms with Crippen LogP contribution in [0.2, 0.25) is 0 Å². The van der Waals surface area contributed by atoms with Gasteiger partial charge in [0.1, 0.15) is 0 Å². The van der Waals surface area contributed by atoms with E-state index in [1.54, 1.807) is 0 Å². The van der Waals surface area contributed by atoms with Crippen molar-refractivity contribution in [1.82, 2.24) is 0 Å². The van der Waals surface area contributed by atoms with E-state index < -0.39 is 0 Å². The smallest absolute Gasteiger partial charge is 0.0901 e. The molecule has 0 aliphatic carbocycles. The molecule has 0 bridgehead atoms. The van der Waals surface area contributed by atoms with Crippen molar-refractivity contribution < 1.29 is 14.2 Å². The second-order valence-electron chi connectivity index (χ2n) is 2.96. The van der Waals surface area contributed by atoms with Crippen molar-refractivity contribution in [3.8, 4) is 0 Å². The molecule has 15 heavy (non-hydrogen) atoms. The normalized spacial score (nSPS) is 10.2. The van der Waals surface area contributed by atoms with Crippen LogP contribution < -0.4 is 0 Å². The second-order valence-corrected chi connectivity index (χ2v) is 2.96. The first-order chi connectivity index (χ1) is 7.31. The fraction of sp³-hybridized carbons (Fsp3) is 0.800. The van der Waals surface area contributed by atoms with E-state index in [0.29, 0.717) is 38.7 Å². The third-order valence-corrected chi connectivity index (χ3v) is 1.52. The van der Waals surface area contributed by atoms with E-state index in [-0.39, 0.29) is 0 Å². The average molecular weight is 216 g/mol. The van der Waals surface area contributed by atoms with Gasteiger partial charge in [-0.1, -0.05) is 13.5 Å². The molecule has 5 nitrogen and oxygen atoms in total. The number of hydrogen-bond donors (Lipinski definition) is 1. The highest BCUT2D eigenvalue weighted by atomic mass is 16.5. The van der Waals surface area contributed by atoms with Crippen LogP contribution in [0, 0.1) is 5.53 Å². The van der Waals surface area contributed by atoms with Gasteiger partial charge in [-0.05, 0) is 6.42 Å². The van der Waals surface area contributed by atoms with E-state index in [0.717, 1.165) is 13.0 Å². The third-order valence-electron chi connectivity index (χ3n) is 1.52. The van der Waals surface area contributed by atoms with Gasteiger partial charge < -0.3 is 14.2 Å². The summed E-state index contributed by atoms with van der Waals surface area (Å²) in [5.74, 6) is 0. The maximum atomic E-state index is 6.62. The molecule has 0 aromatic heterocycles. The lowest BCUT2D eigenvalue weighted by Crippen LogP contribution is -2.10. The minimum absolute atomic E-state index is 0.291. The lowest BCUT2D eigenvalue weighted by atomic mass is 10.5. The molecule has 88 valence electrons. The second kappa shape index (κ2) is 11.3. The summed E-state index contributed by atoms with van der Waals surface area (Å²) in [6, 6.07) is 0. The van der Waals surface area contributed by atoms with Crippen LogP contribution in [0.15, 0.2) is 17.4 Å². The molecule has 0 rings (SSSR count). The van der Waals surface area contributed by atoms with E-state index in [1.807, 2.05) is 0 Å². The van der Waals surface area contributed by atoms with E-state index in [1.165, 1.54) is 0 Å². The molecule has 0 aromatic rings. The van der Waals surface area contributed by atoms with Crippen LogP contribution in [0.4, 0.5) is 0 Å². The molecule has 0 aliphatic rings. The van der Waals surface area contributed by atoms with Gasteiger partial charge in [-0.25, -0.2) is 5.53 Å². The third kappa shape index (κ3) is 11.1. The molecule has 0 saturated heterocycles. The summed E-state index contributed by atoms with van der Waals surface area (Å²) in [6.45, 7) is 8.88. The molecule has 0 atom stereocenters. The summed E-state index contributed by atoms with van der Waals surface area (Å²) in [5.41, 5.74) is 7.03. The maximum Gasteiger partial charge on any atom is 0.0901 e. The van der Waals surface area contributed by atoms with Gasteiger partial charge in [0.2, 0.25) is 0 Å². The summed E-state index contributed by atoms with van der Waals surface area (Å²) < 4.78 is 15.6. The molecule has 0 spiro atoms. The molecular formula is C10H20N2O3. The van der Waals surface area contributed by atoms with Gasteiger partial charge in [-0.3, -0.25) is 0 Å². The number of nitrogens with one attached hydrogen (secondary N) is 1. The first-order valence-electron chi connectivity index (χ1n) is 5.09. The average Bonchev–Trinajstić information content (AvgIpc) is 2.26. The predicted molar refractivity (Wildman–Crippen MR) is 57.0 cm³/mol. The Morgan fingerprint density at radius 3 is 2.13 bits per heavy atom. The van der Waals surface area contributed by atoms with Crippen LogP contribution in [-0.4, -0.2) is 39.6 Å². The Balaban J connectivity index is 2.98. The van der Waals surface area contributed by atoms with Crippen LogP contribution in [0.25, 0.3) is 0 Å². The molecule has 0 amide bonds. The van der Waals surface area contributed by atoms with Crippen LogP contribution in [0.5, 0.6) is 0 Å². The highest BCUT2D eigenvalue weighted by Gasteiger charge is 1.92. The van der Waals surface area contributed by atoms with Crippen molar-refractivity contribution in [3.63, 3.8) is 0 Å². The molecule has 0 unspecified atom stereocenters. The van der Waals surface area contributed by atoms with Gasteiger partial charge in [-0.15, -0.1) is 0 Å². The molecule has 1 N–H and O–H groups in total. The molecule has 0 saturated carbocycles. The van der Waals surface area contributed by atoms with Gasteiger partial charge in [-0.2, -0.15) is 5.11 Å². The summed E-state index contributed by atoms with van der Waals surface area (Å²) in [6.07, 6.45) is 1.03. The van der Waals surface area contributed by atoms with Gasteiger partial charge in [0.05, 0.1) is 38.7 Å². The Morgan fingerprint density at radius 2 is 1.60 bits per heavy atom. The quantitative estimate of drug-likeness (QED) is 0.424. The number of ether oxygens (including phenoxy) is 3. The Labute approximate surface area is 90.9 Å². The Hall–Kier alpha value is -0.780. The van der Waals surface area contributed by atoms with Gasteiger partial charge >= 0.3 is 0 Å². The minimum Gasteiger partial charge on any atom is -0.379 e. The van der Waals surface area contributed by atoms with E-state index >= 15 is 0 Å². The highest BCUT2D eigenvalue weighted by molar-refractivity contribution is 4.88. The highest BCUT2D eigenvalue weighted by Crippen LogP contribution is 1.91. The zero-order valence-electron chi connectivity index (χ0n) is 9.33. The number of hydrogen-bond acceptors (Lipinski definition) is 5. The summed E-state index contributed by atoms with van der Waals surface area (Å²) in [5, 5.41) is 3.13. The zero-order chi connectivity index (χ0) is 11.4. The van der Waals surface area contributed by atoms with E-state index in [9.17, 15) is 0 Å². The first-order valence-corrected chi connectivity index (χ1v) is 5.09. The predicted octanol–water partition coefficient (Wildman–Crippen LogP) is 1.99. The Kier molecular flexibility index (Phi) is 10.7. The maximum absolute atomic E-state index is 6.62. The Bertz CT molecular complexity index is 174. The van der Waals surface area contributed by atoms with Crippen LogP contribution in [0.3, 0.4) is 0 Å². The summed E-state index contributed by atoms with van der Waals surface area (Å²) in [4.78, 5) is 0. The SMILES string of the molecule is C=C(COCCOCCOCCC)N=N. The number of rotatable bonds is 11. The fourth-order valence-corrected chi connectivity index (χ4v) is 0.806. The first kappa shape index (κ1) is 14.2. The van der Waals surface area contributed by atoms with E-state index in [4.69, 9.17) is 19.7 Å². The molecular weight excluding hydrogens is 196 g/mol. The van der Waals surface area contributed by atoms with Crippen LogP contribution in [0.1, 0.15) is 13.3 Å². The number of nitrogens with zero attached hydrogens (tertiary/aromatic N) is 1. The van der Waals surface area contributed by atoms with Crippen molar-refractivity contribution in [2.45, 2.75) is 13.3 Å². The fourth-order valence-electron chi connectivity index (χ4n) is 0.806. The lowest BCUT2D eigenvalue weighted by Gasteiger charge is -2.05. The van der Waals surface area contributed by atoms with Crippen molar-refractivity contribution in [3.05, 3.63) is 12.3 Å². The molecule has 0 aromatic carbocycles.